The summed E-state index contributed by atoms with van der Waals surface area (Å²) in [6, 6.07) is 12.7. The Morgan fingerprint density at radius 2 is 1.89 bits per heavy atom. The van der Waals surface area contributed by atoms with Gasteiger partial charge in [0.25, 0.3) is 0 Å². The Bertz CT molecular complexity index is 536. The van der Waals surface area contributed by atoms with Crippen LogP contribution in [0.15, 0.2) is 46.9 Å². The average molecular weight is 343 g/mol. The summed E-state index contributed by atoms with van der Waals surface area (Å²) >= 11 is 9.19. The first-order chi connectivity index (χ1) is 9.08. The van der Waals surface area contributed by atoms with Gasteiger partial charge >= 0.3 is 0 Å². The number of hydrogen-bond acceptors (Lipinski definition) is 1. The first kappa shape index (κ1) is 14.5. The third kappa shape index (κ3) is 4.03. The second-order valence-electron chi connectivity index (χ2n) is 4.37. The lowest BCUT2D eigenvalue weighted by Gasteiger charge is -2.17. The highest BCUT2D eigenvalue weighted by molar-refractivity contribution is 9.10. The molecular formula is C15H14BrClFN. The molecule has 0 amide bonds. The SMILES string of the molecule is CNC(Cc1ccc(Cl)cc1)c1cc(F)cc(Br)c1. The quantitative estimate of drug-likeness (QED) is 0.846. The van der Waals surface area contributed by atoms with E-state index < -0.39 is 0 Å². The average Bonchev–Trinajstić information content (AvgIpc) is 2.37. The molecule has 0 aliphatic heterocycles. The van der Waals surface area contributed by atoms with Crippen molar-refractivity contribution in [3.8, 4) is 0 Å². The summed E-state index contributed by atoms with van der Waals surface area (Å²) in [5.41, 5.74) is 2.08. The molecule has 1 atom stereocenters. The maximum Gasteiger partial charge on any atom is 0.124 e. The van der Waals surface area contributed by atoms with Gasteiger partial charge in [-0.25, -0.2) is 4.39 Å². The summed E-state index contributed by atoms with van der Waals surface area (Å²) < 4.78 is 14.2. The molecule has 100 valence electrons. The van der Waals surface area contributed by atoms with Crippen molar-refractivity contribution in [3.63, 3.8) is 0 Å². The lowest BCUT2D eigenvalue weighted by Crippen LogP contribution is -2.19. The smallest absolute Gasteiger partial charge is 0.124 e. The van der Waals surface area contributed by atoms with Crippen LogP contribution in [0.5, 0.6) is 0 Å². The zero-order valence-corrected chi connectivity index (χ0v) is 12.8. The molecule has 19 heavy (non-hydrogen) atoms. The molecule has 0 spiro atoms. The number of benzene rings is 2. The van der Waals surface area contributed by atoms with E-state index in [-0.39, 0.29) is 11.9 Å². The Morgan fingerprint density at radius 1 is 1.21 bits per heavy atom. The Morgan fingerprint density at radius 3 is 2.47 bits per heavy atom. The first-order valence-corrected chi connectivity index (χ1v) is 7.13. The van der Waals surface area contributed by atoms with Gasteiger partial charge in [0.2, 0.25) is 0 Å². The summed E-state index contributed by atoms with van der Waals surface area (Å²) in [7, 11) is 1.87. The molecule has 0 saturated heterocycles. The van der Waals surface area contributed by atoms with E-state index in [1.54, 1.807) is 6.07 Å². The summed E-state index contributed by atoms with van der Waals surface area (Å²) in [5, 5.41) is 3.94. The minimum absolute atomic E-state index is 0.0631. The van der Waals surface area contributed by atoms with Crippen molar-refractivity contribution in [2.45, 2.75) is 12.5 Å². The normalized spacial score (nSPS) is 12.4. The van der Waals surface area contributed by atoms with Crippen molar-refractivity contribution >= 4 is 27.5 Å². The Hall–Kier alpha value is -0.900. The molecule has 2 rings (SSSR count). The van der Waals surface area contributed by atoms with Gasteiger partial charge in [0.15, 0.2) is 0 Å². The van der Waals surface area contributed by atoms with Crippen LogP contribution in [-0.4, -0.2) is 7.05 Å². The molecule has 0 bridgehead atoms. The number of nitrogens with one attached hydrogen (secondary N) is 1. The van der Waals surface area contributed by atoms with Gasteiger partial charge in [-0.05, 0) is 54.9 Å². The molecule has 0 radical (unpaired) electrons. The second kappa shape index (κ2) is 6.51. The lowest BCUT2D eigenvalue weighted by molar-refractivity contribution is 0.576. The first-order valence-electron chi connectivity index (χ1n) is 5.96. The highest BCUT2D eigenvalue weighted by atomic mass is 79.9. The molecule has 2 aromatic carbocycles. The van der Waals surface area contributed by atoms with Crippen molar-refractivity contribution in [1.82, 2.24) is 5.32 Å². The molecular weight excluding hydrogens is 329 g/mol. The van der Waals surface area contributed by atoms with Crippen molar-refractivity contribution in [3.05, 3.63) is 68.9 Å². The van der Waals surface area contributed by atoms with Gasteiger partial charge in [0.05, 0.1) is 0 Å². The maximum absolute atomic E-state index is 13.4. The monoisotopic (exact) mass is 341 g/mol. The molecule has 0 aliphatic carbocycles. The van der Waals surface area contributed by atoms with Crippen molar-refractivity contribution in [2.75, 3.05) is 7.05 Å². The lowest BCUT2D eigenvalue weighted by atomic mass is 9.99. The molecule has 1 unspecified atom stereocenters. The van der Waals surface area contributed by atoms with Gasteiger partial charge in [-0.15, -0.1) is 0 Å². The van der Waals surface area contributed by atoms with E-state index in [2.05, 4.69) is 21.2 Å². The zero-order chi connectivity index (χ0) is 13.8. The van der Waals surface area contributed by atoms with E-state index >= 15 is 0 Å². The van der Waals surface area contributed by atoms with Crippen LogP contribution in [0.4, 0.5) is 4.39 Å². The van der Waals surface area contributed by atoms with Crippen LogP contribution in [-0.2, 0) is 6.42 Å². The third-order valence-electron chi connectivity index (χ3n) is 2.99. The van der Waals surface area contributed by atoms with Crippen LogP contribution < -0.4 is 5.32 Å². The molecule has 0 saturated carbocycles. The highest BCUT2D eigenvalue weighted by Crippen LogP contribution is 2.23. The fraction of sp³-hybridized carbons (Fsp3) is 0.200. The number of hydrogen-bond donors (Lipinski definition) is 1. The third-order valence-corrected chi connectivity index (χ3v) is 3.70. The van der Waals surface area contributed by atoms with Gasteiger partial charge in [-0.1, -0.05) is 39.7 Å². The predicted molar refractivity (Wildman–Crippen MR) is 81.1 cm³/mol. The molecule has 0 heterocycles. The summed E-state index contributed by atoms with van der Waals surface area (Å²) in [5.74, 6) is -0.235. The summed E-state index contributed by atoms with van der Waals surface area (Å²) in [4.78, 5) is 0. The summed E-state index contributed by atoms with van der Waals surface area (Å²) in [6.07, 6.45) is 0.781. The second-order valence-corrected chi connectivity index (χ2v) is 5.73. The fourth-order valence-corrected chi connectivity index (χ4v) is 2.63. The summed E-state index contributed by atoms with van der Waals surface area (Å²) in [6.45, 7) is 0. The van der Waals surface area contributed by atoms with Gasteiger partial charge in [0, 0.05) is 15.5 Å². The minimum atomic E-state index is -0.235. The maximum atomic E-state index is 13.4. The number of rotatable bonds is 4. The molecule has 1 nitrogen and oxygen atoms in total. The van der Waals surface area contributed by atoms with Crippen molar-refractivity contribution < 1.29 is 4.39 Å². The molecule has 2 aromatic rings. The van der Waals surface area contributed by atoms with E-state index in [1.165, 1.54) is 6.07 Å². The van der Waals surface area contributed by atoms with Gasteiger partial charge in [-0.3, -0.25) is 0 Å². The molecule has 0 aliphatic rings. The highest BCUT2D eigenvalue weighted by Gasteiger charge is 2.12. The van der Waals surface area contributed by atoms with Crippen LogP contribution in [0.2, 0.25) is 5.02 Å². The van der Waals surface area contributed by atoms with Crippen LogP contribution in [0, 0.1) is 5.82 Å². The van der Waals surface area contributed by atoms with Crippen molar-refractivity contribution in [1.29, 1.82) is 0 Å². The van der Waals surface area contributed by atoms with Crippen LogP contribution in [0.3, 0.4) is 0 Å². The van der Waals surface area contributed by atoms with Gasteiger partial charge in [-0.2, -0.15) is 0 Å². The fourth-order valence-electron chi connectivity index (χ4n) is 2.02. The molecule has 0 aromatic heterocycles. The van der Waals surface area contributed by atoms with Gasteiger partial charge < -0.3 is 5.32 Å². The molecule has 1 N–H and O–H groups in total. The van der Waals surface area contributed by atoms with Crippen LogP contribution in [0.25, 0.3) is 0 Å². The van der Waals surface area contributed by atoms with E-state index in [1.807, 2.05) is 37.4 Å². The van der Waals surface area contributed by atoms with Crippen LogP contribution >= 0.6 is 27.5 Å². The van der Waals surface area contributed by atoms with E-state index in [0.717, 1.165) is 27.0 Å². The standard InChI is InChI=1S/C15H14BrClFN/c1-19-15(6-10-2-4-13(17)5-3-10)11-7-12(16)9-14(18)8-11/h2-5,7-9,15,19H,6H2,1H3. The number of halogens is 3. The van der Waals surface area contributed by atoms with E-state index in [4.69, 9.17) is 11.6 Å². The molecule has 0 fully saturated rings. The Labute approximate surface area is 125 Å². The number of likely N-dealkylation sites (N-methyl/N-ethyl adjacent to an activating group) is 1. The zero-order valence-electron chi connectivity index (χ0n) is 10.5. The minimum Gasteiger partial charge on any atom is -0.313 e. The van der Waals surface area contributed by atoms with Crippen LogP contribution in [0.1, 0.15) is 17.2 Å². The van der Waals surface area contributed by atoms with Gasteiger partial charge in [0.1, 0.15) is 5.82 Å². The largest absolute Gasteiger partial charge is 0.313 e. The topological polar surface area (TPSA) is 12.0 Å². The van der Waals surface area contributed by atoms with E-state index in [0.29, 0.717) is 0 Å². The molecule has 4 heteroatoms. The Balaban J connectivity index is 2.22. The Kier molecular flexibility index (Phi) is 4.97. The van der Waals surface area contributed by atoms with Crippen molar-refractivity contribution in [2.24, 2.45) is 0 Å². The predicted octanol–water partition coefficient (Wildman–Crippen LogP) is 4.74. The van der Waals surface area contributed by atoms with E-state index in [9.17, 15) is 4.39 Å².